The molecule has 2 heteroatoms. The molecule has 0 aliphatic heterocycles. The monoisotopic (exact) mass is 325 g/mol. The van der Waals surface area contributed by atoms with Crippen molar-refractivity contribution < 1.29 is 4.84 Å². The van der Waals surface area contributed by atoms with Crippen LogP contribution in [0.5, 0.6) is 0 Å². The minimum atomic E-state index is 0.749. The van der Waals surface area contributed by atoms with Crippen LogP contribution in [0.4, 0.5) is 0 Å². The highest BCUT2D eigenvalue weighted by molar-refractivity contribution is 6.06. The Labute approximate surface area is 148 Å². The second kappa shape index (κ2) is 7.99. The minimum absolute atomic E-state index is 0.749. The molecule has 0 aliphatic carbocycles. The Morgan fingerprint density at radius 3 is 2.44 bits per heavy atom. The third-order valence-corrected chi connectivity index (χ3v) is 3.85. The van der Waals surface area contributed by atoms with E-state index < -0.39 is 0 Å². The van der Waals surface area contributed by atoms with Gasteiger partial charge in [0.2, 0.25) is 0 Å². The van der Waals surface area contributed by atoms with Crippen molar-refractivity contribution in [1.29, 1.82) is 0 Å². The van der Waals surface area contributed by atoms with Crippen molar-refractivity contribution in [3.05, 3.63) is 89.5 Å². The molecule has 3 rings (SSSR count). The fourth-order valence-electron chi connectivity index (χ4n) is 2.60. The molecule has 0 saturated carbocycles. The van der Waals surface area contributed by atoms with Crippen LogP contribution in [0.3, 0.4) is 0 Å². The third kappa shape index (κ3) is 4.16. The van der Waals surface area contributed by atoms with Crippen LogP contribution in [-0.4, -0.2) is 12.8 Å². The lowest BCUT2D eigenvalue weighted by atomic mass is 10.0. The quantitative estimate of drug-likeness (QED) is 0.364. The zero-order valence-corrected chi connectivity index (χ0v) is 14.4. The van der Waals surface area contributed by atoms with Crippen LogP contribution in [0.25, 0.3) is 16.8 Å². The maximum absolute atomic E-state index is 4.92. The normalized spacial score (nSPS) is 11.8. The fourth-order valence-corrected chi connectivity index (χ4v) is 2.60. The minimum Gasteiger partial charge on any atom is -0.399 e. The summed E-state index contributed by atoms with van der Waals surface area (Å²) in [4.78, 5) is 4.92. The Kier molecular flexibility index (Phi) is 5.29. The van der Waals surface area contributed by atoms with Crippen molar-refractivity contribution in [1.82, 2.24) is 0 Å². The predicted octanol–water partition coefficient (Wildman–Crippen LogP) is 5.30. The molecular formula is C23H19NO. The van der Waals surface area contributed by atoms with Crippen molar-refractivity contribution in [2.75, 3.05) is 7.11 Å². The molecule has 2 nitrogen and oxygen atoms in total. The Morgan fingerprint density at radius 1 is 0.920 bits per heavy atom. The molecule has 0 radical (unpaired) electrons. The fraction of sp³-hybridized carbons (Fsp3) is 0.0870. The van der Waals surface area contributed by atoms with Crippen LogP contribution < -0.4 is 0 Å². The molecule has 0 fully saturated rings. The van der Waals surface area contributed by atoms with Crippen LogP contribution in [0.2, 0.25) is 0 Å². The van der Waals surface area contributed by atoms with Crippen molar-refractivity contribution >= 4 is 22.6 Å². The van der Waals surface area contributed by atoms with Crippen LogP contribution in [0.1, 0.15) is 18.1 Å². The highest BCUT2D eigenvalue weighted by atomic mass is 16.6. The van der Waals surface area contributed by atoms with Crippen molar-refractivity contribution in [2.45, 2.75) is 6.92 Å². The van der Waals surface area contributed by atoms with E-state index in [2.05, 4.69) is 35.2 Å². The molecule has 0 aliphatic rings. The van der Waals surface area contributed by atoms with E-state index >= 15 is 0 Å². The third-order valence-electron chi connectivity index (χ3n) is 3.85. The van der Waals surface area contributed by atoms with Gasteiger partial charge in [0.05, 0.1) is 11.3 Å². The van der Waals surface area contributed by atoms with Crippen molar-refractivity contribution in [3.8, 4) is 11.8 Å². The Hall–Kier alpha value is -3.31. The van der Waals surface area contributed by atoms with Crippen LogP contribution in [-0.2, 0) is 4.84 Å². The molecule has 25 heavy (non-hydrogen) atoms. The van der Waals surface area contributed by atoms with Crippen LogP contribution in [0.15, 0.2) is 83.5 Å². The molecule has 0 unspecified atom stereocenters. The average molecular weight is 325 g/mol. The Bertz CT molecular complexity index is 983. The summed E-state index contributed by atoms with van der Waals surface area (Å²) >= 11 is 0. The highest BCUT2D eigenvalue weighted by Gasteiger charge is 2.01. The van der Waals surface area contributed by atoms with Crippen LogP contribution in [0, 0.1) is 11.8 Å². The lowest BCUT2D eigenvalue weighted by molar-refractivity contribution is 0.213. The first kappa shape index (κ1) is 16.5. The summed E-state index contributed by atoms with van der Waals surface area (Å²) in [6.45, 7) is 1.90. The molecule has 0 atom stereocenters. The summed E-state index contributed by atoms with van der Waals surface area (Å²) in [5.41, 5.74) is 3.66. The van der Waals surface area contributed by atoms with E-state index in [4.69, 9.17) is 4.84 Å². The molecule has 122 valence electrons. The maximum atomic E-state index is 4.92. The molecule has 0 N–H and O–H groups in total. The zero-order valence-electron chi connectivity index (χ0n) is 14.4. The van der Waals surface area contributed by atoms with Gasteiger partial charge < -0.3 is 4.84 Å². The van der Waals surface area contributed by atoms with E-state index in [-0.39, 0.29) is 0 Å². The molecule has 3 aromatic carbocycles. The zero-order chi connectivity index (χ0) is 17.5. The van der Waals surface area contributed by atoms with E-state index in [1.54, 1.807) is 7.11 Å². The summed E-state index contributed by atoms with van der Waals surface area (Å²) in [5, 5.41) is 6.38. The smallest absolute Gasteiger partial charge is 0.106 e. The topological polar surface area (TPSA) is 21.6 Å². The number of nitrogens with zero attached hydrogens (tertiary/aromatic N) is 1. The van der Waals surface area contributed by atoms with Gasteiger partial charge in [0.1, 0.15) is 7.11 Å². The Balaban J connectivity index is 2.06. The molecule has 0 spiro atoms. The largest absolute Gasteiger partial charge is 0.399 e. The predicted molar refractivity (Wildman–Crippen MR) is 105 cm³/mol. The van der Waals surface area contributed by atoms with E-state index in [1.165, 1.54) is 5.39 Å². The molecule has 0 bridgehead atoms. The van der Waals surface area contributed by atoms with Gasteiger partial charge in [-0.15, -0.1) is 0 Å². The number of oxime groups is 1. The lowest BCUT2D eigenvalue weighted by Crippen LogP contribution is -1.96. The molecule has 0 heterocycles. The van der Waals surface area contributed by atoms with Crippen LogP contribution >= 0.6 is 0 Å². The van der Waals surface area contributed by atoms with Gasteiger partial charge in [-0.1, -0.05) is 83.7 Å². The lowest BCUT2D eigenvalue weighted by Gasteiger charge is -2.01. The van der Waals surface area contributed by atoms with Crippen molar-refractivity contribution in [3.63, 3.8) is 0 Å². The first-order valence-electron chi connectivity index (χ1n) is 8.12. The van der Waals surface area contributed by atoms with Gasteiger partial charge in [0.15, 0.2) is 0 Å². The van der Waals surface area contributed by atoms with E-state index in [0.29, 0.717) is 0 Å². The van der Waals surface area contributed by atoms with Gasteiger partial charge in [-0.2, -0.15) is 0 Å². The summed E-state index contributed by atoms with van der Waals surface area (Å²) in [5.74, 6) is 6.55. The summed E-state index contributed by atoms with van der Waals surface area (Å²) in [6, 6.07) is 24.5. The molecular weight excluding hydrogens is 306 g/mol. The number of benzene rings is 3. The van der Waals surface area contributed by atoms with Gasteiger partial charge in [-0.05, 0) is 35.4 Å². The van der Waals surface area contributed by atoms with Gasteiger partial charge in [0.25, 0.3) is 0 Å². The number of fused-ring (bicyclic) bond motifs is 1. The van der Waals surface area contributed by atoms with E-state index in [1.807, 2.05) is 67.6 Å². The van der Waals surface area contributed by atoms with Gasteiger partial charge in [0, 0.05) is 5.56 Å². The van der Waals surface area contributed by atoms with E-state index in [0.717, 1.165) is 27.8 Å². The summed E-state index contributed by atoms with van der Waals surface area (Å²) in [7, 11) is 1.54. The number of hydrogen-bond donors (Lipinski definition) is 0. The van der Waals surface area contributed by atoms with E-state index in [9.17, 15) is 0 Å². The van der Waals surface area contributed by atoms with Gasteiger partial charge in [-0.3, -0.25) is 0 Å². The average Bonchev–Trinajstić information content (AvgIpc) is 2.66. The number of rotatable bonds is 3. The second-order valence-electron chi connectivity index (χ2n) is 5.60. The first-order valence-corrected chi connectivity index (χ1v) is 8.12. The molecule has 3 aromatic rings. The number of allylic oxidation sites excluding steroid dienone is 1. The van der Waals surface area contributed by atoms with Gasteiger partial charge >= 0.3 is 0 Å². The Morgan fingerprint density at radius 2 is 1.64 bits per heavy atom. The maximum Gasteiger partial charge on any atom is 0.106 e. The highest BCUT2D eigenvalue weighted by Crippen LogP contribution is 2.18. The second-order valence-corrected chi connectivity index (χ2v) is 5.60. The molecule has 0 amide bonds. The number of hydrogen-bond acceptors (Lipinski definition) is 2. The van der Waals surface area contributed by atoms with Crippen molar-refractivity contribution in [2.24, 2.45) is 5.16 Å². The first-order chi connectivity index (χ1) is 12.3. The summed E-state index contributed by atoms with van der Waals surface area (Å²) in [6.07, 6.45) is 2.02. The molecule has 0 aromatic heterocycles. The van der Waals surface area contributed by atoms with Gasteiger partial charge in [-0.25, -0.2) is 0 Å². The molecule has 0 saturated heterocycles. The summed E-state index contributed by atoms with van der Waals surface area (Å²) < 4.78 is 0. The standard InChI is InChI=1S/C23H19NO/c1-18(24-25-2)22(17-19-9-4-3-5-10-19)16-15-21-13-8-12-20-11-6-7-14-23(20)21/h3-14,17H,1-2H3/b22-17+,24-18-. The SMILES string of the molecule is CO/N=C(C)\C(C#Cc1cccc2ccccc12)=C\c1ccccc1.